The minimum atomic E-state index is -4.59. The average Bonchev–Trinajstić information content (AvgIpc) is 2.97. The lowest BCUT2D eigenvalue weighted by atomic mass is 9.92. The molecular weight excluding hydrogens is 397 g/mol. The van der Waals surface area contributed by atoms with Crippen LogP contribution in [0.2, 0.25) is 0 Å². The number of aliphatic hydroxyl groups is 1. The monoisotopic (exact) mass is 418 g/mol. The molecule has 2 aromatic heterocycles. The van der Waals surface area contributed by atoms with E-state index in [2.05, 4.69) is 15.3 Å². The second-order valence-corrected chi connectivity index (χ2v) is 7.78. The van der Waals surface area contributed by atoms with Gasteiger partial charge in [0.2, 0.25) is 11.9 Å². The first kappa shape index (κ1) is 20.3. The summed E-state index contributed by atoms with van der Waals surface area (Å²) < 4.78 is 41.9. The van der Waals surface area contributed by atoms with E-state index in [0.717, 1.165) is 31.5 Å². The molecule has 30 heavy (non-hydrogen) atoms. The summed E-state index contributed by atoms with van der Waals surface area (Å²) in [6.45, 7) is 1.51. The lowest BCUT2D eigenvalue weighted by Crippen LogP contribution is -2.30. The number of rotatable bonds is 5. The third kappa shape index (κ3) is 3.77. The summed E-state index contributed by atoms with van der Waals surface area (Å²) in [5.41, 5.74) is -1.96. The quantitative estimate of drug-likeness (QED) is 0.643. The summed E-state index contributed by atoms with van der Waals surface area (Å²) in [4.78, 5) is 20.9. The van der Waals surface area contributed by atoms with Crippen molar-refractivity contribution >= 4 is 23.0 Å². The van der Waals surface area contributed by atoms with Gasteiger partial charge < -0.3 is 5.11 Å². The fourth-order valence-corrected chi connectivity index (χ4v) is 3.68. The Morgan fingerprint density at radius 2 is 1.93 bits per heavy atom. The number of carbonyl (C=O) groups is 1. The summed E-state index contributed by atoms with van der Waals surface area (Å²) >= 11 is 0. The van der Waals surface area contributed by atoms with Gasteiger partial charge in [0.15, 0.2) is 5.65 Å². The average molecular weight is 418 g/mol. The molecule has 1 amide bonds. The topological polar surface area (TPSA) is 80.0 Å². The van der Waals surface area contributed by atoms with Crippen molar-refractivity contribution in [2.45, 2.75) is 50.4 Å². The van der Waals surface area contributed by atoms with Gasteiger partial charge in [-0.05, 0) is 37.8 Å². The Kier molecular flexibility index (Phi) is 5.01. The minimum Gasteiger partial charge on any atom is -0.385 e. The molecule has 4 rings (SSSR count). The molecule has 0 aliphatic heterocycles. The molecular formula is C21H21F3N4O2. The number of fused-ring (bicyclic) bond motifs is 1. The number of pyridine rings is 1. The van der Waals surface area contributed by atoms with Crippen LogP contribution >= 0.6 is 0 Å². The molecule has 1 saturated carbocycles. The van der Waals surface area contributed by atoms with Crippen molar-refractivity contribution in [3.05, 3.63) is 53.7 Å². The van der Waals surface area contributed by atoms with Crippen molar-refractivity contribution in [1.29, 1.82) is 0 Å². The van der Waals surface area contributed by atoms with Gasteiger partial charge >= 0.3 is 6.18 Å². The standard InChI is InChI=1S/C21H21F3N4O2/c1-20(30,13-6-3-2-4-7-13)12-16(29)26-19-27-17-15(21(22,23)24)10-11-25-18(17)28(19)14-8-5-9-14/h2-4,6-7,10-11,14,30H,5,8-9,12H2,1H3,(H,26,27,29). The number of hydrogen-bond donors (Lipinski definition) is 2. The summed E-state index contributed by atoms with van der Waals surface area (Å²) in [5, 5.41) is 13.3. The fourth-order valence-electron chi connectivity index (χ4n) is 3.68. The first-order valence-electron chi connectivity index (χ1n) is 9.69. The lowest BCUT2D eigenvalue weighted by molar-refractivity contribution is -0.136. The number of carbonyl (C=O) groups excluding carboxylic acids is 1. The molecule has 9 heteroatoms. The third-order valence-electron chi connectivity index (χ3n) is 5.48. The van der Waals surface area contributed by atoms with Crippen LogP contribution in [-0.4, -0.2) is 25.5 Å². The minimum absolute atomic E-state index is 0.0211. The molecule has 6 nitrogen and oxygen atoms in total. The molecule has 2 N–H and O–H groups in total. The zero-order valence-corrected chi connectivity index (χ0v) is 16.3. The van der Waals surface area contributed by atoms with E-state index in [0.29, 0.717) is 5.56 Å². The predicted octanol–water partition coefficient (Wildman–Crippen LogP) is 4.41. The van der Waals surface area contributed by atoms with Crippen LogP contribution in [0.4, 0.5) is 19.1 Å². The summed E-state index contributed by atoms with van der Waals surface area (Å²) in [5.74, 6) is -0.527. The Hall–Kier alpha value is -2.94. The second kappa shape index (κ2) is 7.39. The summed E-state index contributed by atoms with van der Waals surface area (Å²) in [7, 11) is 0. The molecule has 1 aliphatic carbocycles. The molecule has 0 spiro atoms. The zero-order valence-electron chi connectivity index (χ0n) is 16.3. The van der Waals surface area contributed by atoms with E-state index in [4.69, 9.17) is 0 Å². The SMILES string of the molecule is CC(O)(CC(=O)Nc1nc2c(C(F)(F)F)ccnc2n1C1CCC1)c1ccccc1. The van der Waals surface area contributed by atoms with Crippen molar-refractivity contribution in [3.8, 4) is 0 Å². The number of benzene rings is 1. The van der Waals surface area contributed by atoms with E-state index in [1.165, 1.54) is 6.92 Å². The second-order valence-electron chi connectivity index (χ2n) is 7.78. The Balaban J connectivity index is 1.67. The number of nitrogens with zero attached hydrogens (tertiary/aromatic N) is 3. The number of amides is 1. The maximum atomic E-state index is 13.4. The van der Waals surface area contributed by atoms with Crippen LogP contribution in [0.25, 0.3) is 11.2 Å². The van der Waals surface area contributed by atoms with E-state index >= 15 is 0 Å². The van der Waals surface area contributed by atoms with Crippen LogP contribution in [0.15, 0.2) is 42.6 Å². The molecule has 0 saturated heterocycles. The number of nitrogens with one attached hydrogen (secondary N) is 1. The van der Waals surface area contributed by atoms with Crippen molar-refractivity contribution in [1.82, 2.24) is 14.5 Å². The molecule has 1 unspecified atom stereocenters. The number of hydrogen-bond acceptors (Lipinski definition) is 4. The van der Waals surface area contributed by atoms with Crippen molar-refractivity contribution in [2.75, 3.05) is 5.32 Å². The van der Waals surface area contributed by atoms with Gasteiger partial charge in [0.1, 0.15) is 5.52 Å². The van der Waals surface area contributed by atoms with Crippen LogP contribution in [0, 0.1) is 0 Å². The van der Waals surface area contributed by atoms with Gasteiger partial charge in [0.25, 0.3) is 0 Å². The number of imidazole rings is 1. The molecule has 1 aromatic carbocycles. The highest BCUT2D eigenvalue weighted by atomic mass is 19.4. The molecule has 0 bridgehead atoms. The van der Waals surface area contributed by atoms with Crippen molar-refractivity contribution < 1.29 is 23.1 Å². The molecule has 2 heterocycles. The lowest BCUT2D eigenvalue weighted by Gasteiger charge is -2.29. The van der Waals surface area contributed by atoms with E-state index in [1.54, 1.807) is 34.9 Å². The van der Waals surface area contributed by atoms with Crippen LogP contribution in [0.5, 0.6) is 0 Å². The zero-order chi connectivity index (χ0) is 21.5. The smallest absolute Gasteiger partial charge is 0.385 e. The maximum absolute atomic E-state index is 13.4. The van der Waals surface area contributed by atoms with E-state index in [9.17, 15) is 23.1 Å². The van der Waals surface area contributed by atoms with Gasteiger partial charge in [-0.15, -0.1) is 0 Å². The van der Waals surface area contributed by atoms with Crippen LogP contribution in [0.1, 0.15) is 49.8 Å². The van der Waals surface area contributed by atoms with E-state index < -0.39 is 23.2 Å². The Labute approximate surface area is 170 Å². The van der Waals surface area contributed by atoms with Gasteiger partial charge in [-0.25, -0.2) is 9.97 Å². The number of alkyl halides is 3. The van der Waals surface area contributed by atoms with Gasteiger partial charge in [0.05, 0.1) is 17.6 Å². The highest BCUT2D eigenvalue weighted by Gasteiger charge is 2.36. The van der Waals surface area contributed by atoms with Gasteiger partial charge in [0, 0.05) is 12.2 Å². The van der Waals surface area contributed by atoms with Crippen LogP contribution < -0.4 is 5.32 Å². The Morgan fingerprint density at radius 1 is 1.23 bits per heavy atom. The third-order valence-corrected chi connectivity index (χ3v) is 5.48. The molecule has 0 radical (unpaired) electrons. The first-order valence-corrected chi connectivity index (χ1v) is 9.69. The molecule has 1 aliphatic rings. The van der Waals surface area contributed by atoms with Gasteiger partial charge in [-0.2, -0.15) is 13.2 Å². The number of halogens is 3. The van der Waals surface area contributed by atoms with Gasteiger partial charge in [-0.1, -0.05) is 30.3 Å². The normalized spacial score (nSPS) is 16.8. The fraction of sp³-hybridized carbons (Fsp3) is 0.381. The number of anilines is 1. The Bertz CT molecular complexity index is 1070. The maximum Gasteiger partial charge on any atom is 0.418 e. The molecule has 1 atom stereocenters. The molecule has 1 fully saturated rings. The Morgan fingerprint density at radius 3 is 2.53 bits per heavy atom. The molecule has 3 aromatic rings. The first-order chi connectivity index (χ1) is 14.2. The van der Waals surface area contributed by atoms with Crippen molar-refractivity contribution in [3.63, 3.8) is 0 Å². The van der Waals surface area contributed by atoms with E-state index in [1.807, 2.05) is 0 Å². The van der Waals surface area contributed by atoms with Crippen molar-refractivity contribution in [2.24, 2.45) is 0 Å². The van der Waals surface area contributed by atoms with E-state index in [-0.39, 0.29) is 29.6 Å². The van der Waals surface area contributed by atoms with Crippen LogP contribution in [-0.2, 0) is 16.6 Å². The predicted molar refractivity (Wildman–Crippen MR) is 105 cm³/mol. The number of aromatic nitrogens is 3. The highest BCUT2D eigenvalue weighted by molar-refractivity contribution is 5.92. The summed E-state index contributed by atoms with van der Waals surface area (Å²) in [6.07, 6.45) is -1.27. The van der Waals surface area contributed by atoms with Gasteiger partial charge in [-0.3, -0.25) is 14.7 Å². The largest absolute Gasteiger partial charge is 0.418 e. The van der Waals surface area contributed by atoms with Crippen LogP contribution in [0.3, 0.4) is 0 Å². The summed E-state index contributed by atoms with van der Waals surface area (Å²) in [6, 6.07) is 9.52. The molecule has 158 valence electrons. The highest BCUT2D eigenvalue weighted by Crippen LogP contribution is 2.40.